The van der Waals surface area contributed by atoms with Gasteiger partial charge in [0.1, 0.15) is 0 Å². The van der Waals surface area contributed by atoms with Crippen molar-refractivity contribution in [1.29, 1.82) is 0 Å². The smallest absolute Gasteiger partial charge is 0.0632 e. The number of hydrogen-bond donors (Lipinski definition) is 2. The third-order valence-corrected chi connectivity index (χ3v) is 5.22. The molecule has 1 heterocycles. The first-order valence-corrected chi connectivity index (χ1v) is 7.66. The topological polar surface area (TPSA) is 23.5 Å². The molecule has 0 saturated carbocycles. The maximum atomic E-state index is 10.1. The molecule has 1 N–H and O–H groups in total. The predicted molar refractivity (Wildman–Crippen MR) is 77.8 cm³/mol. The number of hydrogen-bond acceptors (Lipinski definition) is 3. The molecule has 1 atom stereocenters. The minimum Gasteiger partial charge on any atom is -0.390 e. The largest absolute Gasteiger partial charge is 0.390 e. The minimum absolute atomic E-state index is 0.360. The zero-order valence-electron chi connectivity index (χ0n) is 11.7. The van der Waals surface area contributed by atoms with Gasteiger partial charge in [-0.05, 0) is 56.7 Å². The normalized spacial score (nSPS) is 28.1. The number of nitrogens with zero attached hydrogens (tertiary/aromatic N) is 1. The van der Waals surface area contributed by atoms with Gasteiger partial charge >= 0.3 is 0 Å². The number of likely N-dealkylation sites (tertiary alicyclic amines) is 1. The van der Waals surface area contributed by atoms with E-state index in [9.17, 15) is 5.11 Å². The van der Waals surface area contributed by atoms with Crippen molar-refractivity contribution in [3.05, 3.63) is 0 Å². The van der Waals surface area contributed by atoms with Gasteiger partial charge in [0.05, 0.1) is 5.60 Å². The van der Waals surface area contributed by atoms with Crippen molar-refractivity contribution in [2.24, 2.45) is 5.41 Å². The second kappa shape index (κ2) is 6.44. The van der Waals surface area contributed by atoms with Crippen LogP contribution in [0, 0.1) is 5.41 Å². The Bertz CT molecular complexity index is 218. The van der Waals surface area contributed by atoms with Crippen LogP contribution < -0.4 is 0 Å². The monoisotopic (exact) mass is 259 g/mol. The molecule has 102 valence electrons. The Morgan fingerprint density at radius 2 is 1.88 bits per heavy atom. The fraction of sp³-hybridized carbons (Fsp3) is 1.00. The van der Waals surface area contributed by atoms with Crippen molar-refractivity contribution in [1.82, 2.24) is 4.90 Å². The van der Waals surface area contributed by atoms with Crippen LogP contribution in [0.2, 0.25) is 0 Å². The van der Waals surface area contributed by atoms with Crippen LogP contribution in [0.4, 0.5) is 0 Å². The molecule has 1 aliphatic heterocycles. The first-order valence-electron chi connectivity index (χ1n) is 7.02. The standard InChI is InChI=1S/C14H29NOS/c1-4-14(5-2,12-17)11-15-9-6-7-13(3,16)8-10-15/h16-17H,4-12H2,1-3H3. The van der Waals surface area contributed by atoms with E-state index in [2.05, 4.69) is 31.4 Å². The SMILES string of the molecule is CCC(CC)(CS)CN1CCCC(C)(O)CC1. The van der Waals surface area contributed by atoms with E-state index in [0.29, 0.717) is 5.41 Å². The van der Waals surface area contributed by atoms with Crippen molar-refractivity contribution < 1.29 is 5.11 Å². The van der Waals surface area contributed by atoms with Crippen LogP contribution >= 0.6 is 12.6 Å². The highest BCUT2D eigenvalue weighted by atomic mass is 32.1. The molecule has 3 heteroatoms. The summed E-state index contributed by atoms with van der Waals surface area (Å²) in [5.41, 5.74) is -0.0872. The Morgan fingerprint density at radius 1 is 1.24 bits per heavy atom. The lowest BCUT2D eigenvalue weighted by molar-refractivity contribution is 0.0429. The molecule has 2 nitrogen and oxygen atoms in total. The molecule has 1 fully saturated rings. The summed E-state index contributed by atoms with van der Waals surface area (Å²) in [6.45, 7) is 9.82. The summed E-state index contributed by atoms with van der Waals surface area (Å²) >= 11 is 4.55. The van der Waals surface area contributed by atoms with Crippen molar-refractivity contribution >= 4 is 12.6 Å². The molecule has 1 unspecified atom stereocenters. The molecule has 0 radical (unpaired) electrons. The Morgan fingerprint density at radius 3 is 2.41 bits per heavy atom. The summed E-state index contributed by atoms with van der Waals surface area (Å²) in [5, 5.41) is 10.1. The van der Waals surface area contributed by atoms with Gasteiger partial charge in [-0.25, -0.2) is 0 Å². The van der Waals surface area contributed by atoms with E-state index in [0.717, 1.165) is 44.6 Å². The van der Waals surface area contributed by atoms with E-state index in [-0.39, 0.29) is 0 Å². The molecule has 1 saturated heterocycles. The summed E-state index contributed by atoms with van der Waals surface area (Å²) in [6, 6.07) is 0. The molecule has 0 aromatic rings. The van der Waals surface area contributed by atoms with Crippen molar-refractivity contribution in [2.45, 2.75) is 58.5 Å². The van der Waals surface area contributed by atoms with Gasteiger partial charge in [0.25, 0.3) is 0 Å². The quantitative estimate of drug-likeness (QED) is 0.742. The van der Waals surface area contributed by atoms with Gasteiger partial charge < -0.3 is 10.0 Å². The lowest BCUT2D eigenvalue weighted by Crippen LogP contribution is -2.39. The Balaban J connectivity index is 2.56. The second-order valence-electron chi connectivity index (χ2n) is 5.99. The molecule has 0 aromatic carbocycles. The van der Waals surface area contributed by atoms with Crippen LogP contribution in [0.1, 0.15) is 52.9 Å². The van der Waals surface area contributed by atoms with Crippen LogP contribution in [-0.4, -0.2) is 41.0 Å². The maximum Gasteiger partial charge on any atom is 0.0632 e. The van der Waals surface area contributed by atoms with Crippen LogP contribution in [0.5, 0.6) is 0 Å². The summed E-state index contributed by atoms with van der Waals surface area (Å²) in [6.07, 6.45) is 5.35. The third kappa shape index (κ3) is 4.46. The van der Waals surface area contributed by atoms with Gasteiger partial charge in [0.15, 0.2) is 0 Å². The van der Waals surface area contributed by atoms with E-state index in [1.165, 1.54) is 12.8 Å². The number of rotatable bonds is 5. The van der Waals surface area contributed by atoms with E-state index >= 15 is 0 Å². The zero-order valence-corrected chi connectivity index (χ0v) is 12.6. The fourth-order valence-corrected chi connectivity index (χ4v) is 3.25. The summed E-state index contributed by atoms with van der Waals surface area (Å²) in [7, 11) is 0. The molecule has 0 spiro atoms. The zero-order chi connectivity index (χ0) is 12.9. The summed E-state index contributed by atoms with van der Waals surface area (Å²) in [4.78, 5) is 2.53. The lowest BCUT2D eigenvalue weighted by atomic mass is 9.83. The van der Waals surface area contributed by atoms with Crippen LogP contribution in [-0.2, 0) is 0 Å². The average Bonchev–Trinajstić information content (AvgIpc) is 2.48. The fourth-order valence-electron chi connectivity index (χ4n) is 2.70. The number of thiol groups is 1. The average molecular weight is 259 g/mol. The highest BCUT2D eigenvalue weighted by Crippen LogP contribution is 2.31. The minimum atomic E-state index is -0.448. The third-order valence-electron chi connectivity index (χ3n) is 4.55. The molecule has 17 heavy (non-hydrogen) atoms. The van der Waals surface area contributed by atoms with Crippen molar-refractivity contribution in [2.75, 3.05) is 25.4 Å². The highest BCUT2D eigenvalue weighted by Gasteiger charge is 2.30. The van der Waals surface area contributed by atoms with Crippen molar-refractivity contribution in [3.63, 3.8) is 0 Å². The van der Waals surface area contributed by atoms with E-state index in [1.54, 1.807) is 0 Å². The molecular formula is C14H29NOS. The first-order chi connectivity index (χ1) is 7.97. The first kappa shape index (κ1) is 15.3. The van der Waals surface area contributed by atoms with Crippen LogP contribution in [0.3, 0.4) is 0 Å². The highest BCUT2D eigenvalue weighted by molar-refractivity contribution is 7.80. The molecule has 0 aromatic heterocycles. The van der Waals surface area contributed by atoms with Crippen LogP contribution in [0.25, 0.3) is 0 Å². The molecule has 1 rings (SSSR count). The maximum absolute atomic E-state index is 10.1. The summed E-state index contributed by atoms with van der Waals surface area (Å²) < 4.78 is 0. The molecule has 0 bridgehead atoms. The van der Waals surface area contributed by atoms with Crippen LogP contribution in [0.15, 0.2) is 0 Å². The van der Waals surface area contributed by atoms with E-state index < -0.39 is 5.60 Å². The molecular weight excluding hydrogens is 230 g/mol. The van der Waals surface area contributed by atoms with E-state index in [1.807, 2.05) is 6.92 Å². The van der Waals surface area contributed by atoms with Gasteiger partial charge in [0, 0.05) is 13.1 Å². The van der Waals surface area contributed by atoms with Gasteiger partial charge in [-0.3, -0.25) is 0 Å². The number of aliphatic hydroxyl groups is 1. The van der Waals surface area contributed by atoms with Gasteiger partial charge in [-0.2, -0.15) is 12.6 Å². The van der Waals surface area contributed by atoms with Gasteiger partial charge in [-0.1, -0.05) is 13.8 Å². The van der Waals surface area contributed by atoms with E-state index in [4.69, 9.17) is 0 Å². The second-order valence-corrected chi connectivity index (χ2v) is 6.31. The van der Waals surface area contributed by atoms with Crippen molar-refractivity contribution in [3.8, 4) is 0 Å². The van der Waals surface area contributed by atoms with Gasteiger partial charge in [-0.15, -0.1) is 0 Å². The summed E-state index contributed by atoms with van der Waals surface area (Å²) in [5.74, 6) is 0.965. The Hall–Kier alpha value is 0.270. The molecule has 0 amide bonds. The molecule has 0 aliphatic carbocycles. The predicted octanol–water partition coefficient (Wildman–Crippen LogP) is 2.96. The lowest BCUT2D eigenvalue weighted by Gasteiger charge is -2.36. The Kier molecular flexibility index (Phi) is 5.81. The molecule has 1 aliphatic rings. The van der Waals surface area contributed by atoms with Gasteiger partial charge in [0.2, 0.25) is 0 Å². The Labute approximate surface area is 112 Å².